The van der Waals surface area contributed by atoms with Crippen LogP contribution in [-0.2, 0) is 0 Å². The molecular weight excluding hydrogens is 388 g/mol. The summed E-state index contributed by atoms with van der Waals surface area (Å²) >= 11 is 5.97. The first-order valence-electron chi connectivity index (χ1n) is 7.85. The Hall–Kier alpha value is -3.79. The van der Waals surface area contributed by atoms with Gasteiger partial charge in [-0.1, -0.05) is 11.6 Å². The molecule has 0 saturated carbocycles. The van der Waals surface area contributed by atoms with Crippen LogP contribution in [0.3, 0.4) is 0 Å². The fraction of sp³-hybridized carbons (Fsp3) is 0.0588. The van der Waals surface area contributed by atoms with Crippen molar-refractivity contribution in [2.45, 2.75) is 6.92 Å². The van der Waals surface area contributed by atoms with E-state index < -0.39 is 16.5 Å². The summed E-state index contributed by atoms with van der Waals surface area (Å²) in [5, 5.41) is 12.1. The lowest BCUT2D eigenvalue weighted by Gasteiger charge is -2.10. The standard InChI is InChI=1S/C17H13ClN6O4/c1-10-8-12(2-3-13(10)18)28-17-14(24(26)27)15(20-9-21-17)22-23-16(25)11-4-6-19-7-5-11/h2-9H,1H3,(H,23,25)(H,20,21,22). The molecule has 2 aromatic heterocycles. The van der Waals surface area contributed by atoms with E-state index in [1.807, 2.05) is 0 Å². The lowest BCUT2D eigenvalue weighted by atomic mass is 10.2. The number of hydrazine groups is 1. The maximum Gasteiger partial charge on any atom is 0.374 e. The number of benzene rings is 1. The van der Waals surface area contributed by atoms with Gasteiger partial charge in [0.1, 0.15) is 12.1 Å². The molecule has 28 heavy (non-hydrogen) atoms. The van der Waals surface area contributed by atoms with Gasteiger partial charge in [0.15, 0.2) is 0 Å². The number of anilines is 1. The molecule has 0 spiro atoms. The maximum absolute atomic E-state index is 12.1. The van der Waals surface area contributed by atoms with Crippen molar-refractivity contribution in [3.05, 3.63) is 75.3 Å². The lowest BCUT2D eigenvalue weighted by molar-refractivity contribution is -0.385. The zero-order valence-electron chi connectivity index (χ0n) is 14.4. The predicted octanol–water partition coefficient (Wildman–Crippen LogP) is 3.29. The predicted molar refractivity (Wildman–Crippen MR) is 100 cm³/mol. The van der Waals surface area contributed by atoms with Gasteiger partial charge in [-0.3, -0.25) is 30.7 Å². The van der Waals surface area contributed by atoms with E-state index in [4.69, 9.17) is 16.3 Å². The number of pyridine rings is 1. The fourth-order valence-electron chi connectivity index (χ4n) is 2.18. The van der Waals surface area contributed by atoms with E-state index in [2.05, 4.69) is 25.8 Å². The van der Waals surface area contributed by atoms with Crippen molar-refractivity contribution in [2.24, 2.45) is 0 Å². The monoisotopic (exact) mass is 400 g/mol. The smallest absolute Gasteiger partial charge is 0.374 e. The Morgan fingerprint density at radius 2 is 1.96 bits per heavy atom. The van der Waals surface area contributed by atoms with Crippen LogP contribution < -0.4 is 15.6 Å². The Balaban J connectivity index is 1.84. The highest BCUT2D eigenvalue weighted by Gasteiger charge is 2.25. The van der Waals surface area contributed by atoms with Crippen molar-refractivity contribution < 1.29 is 14.5 Å². The van der Waals surface area contributed by atoms with Gasteiger partial charge >= 0.3 is 11.6 Å². The quantitative estimate of drug-likeness (QED) is 0.475. The molecule has 10 nitrogen and oxygen atoms in total. The Morgan fingerprint density at radius 1 is 1.21 bits per heavy atom. The van der Waals surface area contributed by atoms with Crippen LogP contribution in [0.15, 0.2) is 49.1 Å². The highest BCUT2D eigenvalue weighted by atomic mass is 35.5. The second-order valence-electron chi connectivity index (χ2n) is 5.46. The summed E-state index contributed by atoms with van der Waals surface area (Å²) in [6.07, 6.45) is 3.97. The molecule has 11 heteroatoms. The average Bonchev–Trinajstić information content (AvgIpc) is 2.69. The first-order chi connectivity index (χ1) is 13.5. The van der Waals surface area contributed by atoms with Crippen LogP contribution in [0.25, 0.3) is 0 Å². The van der Waals surface area contributed by atoms with E-state index in [1.54, 1.807) is 25.1 Å². The van der Waals surface area contributed by atoms with Crippen LogP contribution >= 0.6 is 11.6 Å². The number of amides is 1. The van der Waals surface area contributed by atoms with Gasteiger partial charge in [-0.2, -0.15) is 4.98 Å². The van der Waals surface area contributed by atoms with Crippen LogP contribution in [0.5, 0.6) is 11.6 Å². The summed E-state index contributed by atoms with van der Waals surface area (Å²) in [7, 11) is 0. The molecular formula is C17H13ClN6O4. The number of nitro groups is 1. The molecule has 2 heterocycles. The van der Waals surface area contributed by atoms with Crippen molar-refractivity contribution in [3.63, 3.8) is 0 Å². The Labute approximate surface area is 163 Å². The van der Waals surface area contributed by atoms with Crippen LogP contribution in [0, 0.1) is 17.0 Å². The largest absolute Gasteiger partial charge is 0.434 e. The van der Waals surface area contributed by atoms with Crippen LogP contribution in [0.2, 0.25) is 5.02 Å². The van der Waals surface area contributed by atoms with Gasteiger partial charge in [0, 0.05) is 23.0 Å². The molecule has 2 N–H and O–H groups in total. The van der Waals surface area contributed by atoms with Gasteiger partial charge in [-0.25, -0.2) is 4.98 Å². The number of carbonyl (C=O) groups is 1. The van der Waals surface area contributed by atoms with Crippen molar-refractivity contribution in [2.75, 3.05) is 5.43 Å². The normalized spacial score (nSPS) is 10.2. The number of hydrogen-bond donors (Lipinski definition) is 2. The summed E-state index contributed by atoms with van der Waals surface area (Å²) in [4.78, 5) is 34.4. The molecule has 3 aromatic rings. The summed E-state index contributed by atoms with van der Waals surface area (Å²) < 4.78 is 5.53. The third-order valence-corrected chi connectivity index (χ3v) is 3.98. The minimum absolute atomic E-state index is 0.233. The van der Waals surface area contributed by atoms with E-state index in [9.17, 15) is 14.9 Å². The molecule has 0 fully saturated rings. The molecule has 142 valence electrons. The van der Waals surface area contributed by atoms with Gasteiger partial charge in [0.25, 0.3) is 5.91 Å². The highest BCUT2D eigenvalue weighted by molar-refractivity contribution is 6.31. The van der Waals surface area contributed by atoms with Crippen LogP contribution in [-0.4, -0.2) is 25.8 Å². The molecule has 0 radical (unpaired) electrons. The van der Waals surface area contributed by atoms with E-state index in [1.165, 1.54) is 24.5 Å². The second kappa shape index (κ2) is 8.27. The number of aromatic nitrogens is 3. The topological polar surface area (TPSA) is 132 Å². The SMILES string of the molecule is Cc1cc(Oc2ncnc(NNC(=O)c3ccncc3)c2[N+](=O)[O-])ccc1Cl. The number of halogens is 1. The van der Waals surface area contributed by atoms with Gasteiger partial charge in [-0.05, 0) is 42.8 Å². The number of nitrogens with zero attached hydrogens (tertiary/aromatic N) is 4. The van der Waals surface area contributed by atoms with Crippen LogP contribution in [0.1, 0.15) is 15.9 Å². The third-order valence-electron chi connectivity index (χ3n) is 3.55. The number of nitrogens with one attached hydrogen (secondary N) is 2. The summed E-state index contributed by atoms with van der Waals surface area (Å²) in [6.45, 7) is 1.77. The minimum atomic E-state index is -0.709. The summed E-state index contributed by atoms with van der Waals surface area (Å²) in [6, 6.07) is 7.75. The molecule has 1 amide bonds. The molecule has 3 rings (SSSR count). The van der Waals surface area contributed by atoms with E-state index >= 15 is 0 Å². The number of rotatable bonds is 6. The Bertz CT molecular complexity index is 1030. The summed E-state index contributed by atoms with van der Waals surface area (Å²) in [5.74, 6) is -0.730. The zero-order chi connectivity index (χ0) is 20.1. The fourth-order valence-corrected chi connectivity index (χ4v) is 2.29. The van der Waals surface area contributed by atoms with E-state index in [0.717, 1.165) is 11.9 Å². The van der Waals surface area contributed by atoms with E-state index in [-0.39, 0.29) is 11.7 Å². The lowest BCUT2D eigenvalue weighted by Crippen LogP contribution is -2.30. The van der Waals surface area contributed by atoms with Crippen molar-refractivity contribution in [1.29, 1.82) is 0 Å². The molecule has 0 aliphatic carbocycles. The average molecular weight is 401 g/mol. The Kier molecular flexibility index (Phi) is 5.61. The van der Waals surface area contributed by atoms with Gasteiger partial charge in [0.05, 0.1) is 4.92 Å². The van der Waals surface area contributed by atoms with Crippen LogP contribution in [0.4, 0.5) is 11.5 Å². The maximum atomic E-state index is 12.1. The second-order valence-corrected chi connectivity index (χ2v) is 5.87. The van der Waals surface area contributed by atoms with Gasteiger partial charge in [0.2, 0.25) is 5.82 Å². The molecule has 0 unspecified atom stereocenters. The first-order valence-corrected chi connectivity index (χ1v) is 8.23. The van der Waals surface area contributed by atoms with Gasteiger partial charge < -0.3 is 4.74 Å². The number of aryl methyl sites for hydroxylation is 1. The molecule has 1 aromatic carbocycles. The Morgan fingerprint density at radius 3 is 2.64 bits per heavy atom. The summed E-state index contributed by atoms with van der Waals surface area (Å²) in [5.41, 5.74) is 5.27. The molecule has 0 bridgehead atoms. The minimum Gasteiger partial charge on any atom is -0.434 e. The van der Waals surface area contributed by atoms with E-state index in [0.29, 0.717) is 16.3 Å². The number of ether oxygens (including phenoxy) is 1. The highest BCUT2D eigenvalue weighted by Crippen LogP contribution is 2.34. The van der Waals surface area contributed by atoms with Crippen molar-refractivity contribution in [3.8, 4) is 11.6 Å². The van der Waals surface area contributed by atoms with Crippen molar-refractivity contribution in [1.82, 2.24) is 20.4 Å². The molecule has 0 aliphatic heterocycles. The first kappa shape index (κ1) is 19.0. The molecule has 0 atom stereocenters. The molecule has 0 aliphatic rings. The molecule has 0 saturated heterocycles. The van der Waals surface area contributed by atoms with Crippen molar-refractivity contribution >= 4 is 29.0 Å². The zero-order valence-corrected chi connectivity index (χ0v) is 15.2. The third kappa shape index (κ3) is 4.30. The number of hydrogen-bond acceptors (Lipinski definition) is 8. The van der Waals surface area contributed by atoms with Gasteiger partial charge in [-0.15, -0.1) is 0 Å². The number of carbonyl (C=O) groups excluding carboxylic acids is 1.